The molecule has 1 aliphatic rings. The van der Waals surface area contributed by atoms with Crippen molar-refractivity contribution in [2.45, 2.75) is 32.4 Å². The van der Waals surface area contributed by atoms with Crippen LogP contribution in [-0.4, -0.2) is 12.6 Å². The van der Waals surface area contributed by atoms with Crippen LogP contribution in [0.15, 0.2) is 34.7 Å². The number of hydrogen-bond acceptors (Lipinski definition) is 3. The molecule has 1 aliphatic heterocycles. The maximum atomic E-state index is 6.00. The monoisotopic (exact) mass is 291 g/mol. The van der Waals surface area contributed by atoms with E-state index in [0.29, 0.717) is 0 Å². The summed E-state index contributed by atoms with van der Waals surface area (Å²) in [6.07, 6.45) is 1.05. The van der Waals surface area contributed by atoms with Crippen LogP contribution in [0.4, 0.5) is 0 Å². The second-order valence-electron chi connectivity index (χ2n) is 5.27. The number of furan rings is 1. The largest absolute Gasteiger partial charge is 0.488 e. The smallest absolute Gasteiger partial charge is 0.123 e. The van der Waals surface area contributed by atoms with Crippen LogP contribution < -0.4 is 10.1 Å². The number of fused-ring (bicyclic) bond motifs is 1. The first kappa shape index (κ1) is 13.5. The molecular weight excluding hydrogens is 274 g/mol. The topological polar surface area (TPSA) is 34.4 Å². The number of nitrogens with one attached hydrogen (secondary N) is 1. The van der Waals surface area contributed by atoms with Gasteiger partial charge in [-0.3, -0.25) is 0 Å². The van der Waals surface area contributed by atoms with Crippen molar-refractivity contribution in [1.29, 1.82) is 0 Å². The highest BCUT2D eigenvalue weighted by Crippen LogP contribution is 2.31. The second kappa shape index (κ2) is 5.51. The van der Waals surface area contributed by atoms with E-state index in [9.17, 15) is 0 Å². The molecule has 0 spiro atoms. The van der Waals surface area contributed by atoms with Crippen molar-refractivity contribution >= 4 is 11.6 Å². The Labute approximate surface area is 123 Å². The normalized spacial score (nSPS) is 18.6. The number of rotatable bonds is 4. The van der Waals surface area contributed by atoms with Crippen LogP contribution >= 0.6 is 11.6 Å². The first-order chi connectivity index (χ1) is 9.61. The van der Waals surface area contributed by atoms with Crippen LogP contribution in [0.25, 0.3) is 0 Å². The second-order valence-corrected chi connectivity index (χ2v) is 5.71. The average molecular weight is 292 g/mol. The van der Waals surface area contributed by atoms with Crippen molar-refractivity contribution in [1.82, 2.24) is 5.32 Å². The summed E-state index contributed by atoms with van der Waals surface area (Å²) in [5.74, 6) is 2.84. The lowest BCUT2D eigenvalue weighted by molar-refractivity contribution is 0.220. The molecule has 1 N–H and O–H groups in total. The summed E-state index contributed by atoms with van der Waals surface area (Å²) in [6.45, 7) is 4.83. The Hall–Kier alpha value is -1.45. The van der Waals surface area contributed by atoms with Gasteiger partial charge < -0.3 is 14.5 Å². The minimum absolute atomic E-state index is 0.155. The molecule has 3 nitrogen and oxygen atoms in total. The van der Waals surface area contributed by atoms with E-state index in [4.69, 9.17) is 20.8 Å². The molecule has 0 saturated carbocycles. The number of ether oxygens (including phenoxy) is 1. The van der Waals surface area contributed by atoms with Gasteiger partial charge in [-0.1, -0.05) is 11.6 Å². The third kappa shape index (κ3) is 2.84. The van der Waals surface area contributed by atoms with Gasteiger partial charge in [0.2, 0.25) is 0 Å². The van der Waals surface area contributed by atoms with Gasteiger partial charge in [-0.25, -0.2) is 0 Å². The first-order valence-electron chi connectivity index (χ1n) is 6.86. The molecular formula is C16H18ClNO2. The van der Waals surface area contributed by atoms with Crippen LogP contribution in [0.3, 0.4) is 0 Å². The summed E-state index contributed by atoms with van der Waals surface area (Å²) in [7, 11) is 0. The lowest BCUT2D eigenvalue weighted by atomic mass is 10.1. The lowest BCUT2D eigenvalue weighted by Crippen LogP contribution is -2.31. The van der Waals surface area contributed by atoms with Crippen LogP contribution in [0.1, 0.15) is 30.0 Å². The summed E-state index contributed by atoms with van der Waals surface area (Å²) in [5, 5.41) is 4.22. The Bertz CT molecular complexity index is 608. The first-order valence-corrected chi connectivity index (χ1v) is 7.24. The highest BCUT2D eigenvalue weighted by atomic mass is 35.5. The zero-order valence-corrected chi connectivity index (χ0v) is 12.4. The van der Waals surface area contributed by atoms with Crippen LogP contribution in [0.2, 0.25) is 5.02 Å². The SMILES string of the molecule is Cc1ccc(C(C)NCC2Cc3cc(Cl)ccc3O2)o1. The van der Waals surface area contributed by atoms with Crippen LogP contribution in [-0.2, 0) is 6.42 Å². The maximum Gasteiger partial charge on any atom is 0.123 e. The number of benzene rings is 1. The molecule has 2 unspecified atom stereocenters. The van der Waals surface area contributed by atoms with Gasteiger partial charge in [0.15, 0.2) is 0 Å². The van der Waals surface area contributed by atoms with Crippen LogP contribution in [0, 0.1) is 6.92 Å². The molecule has 1 aromatic carbocycles. The Morgan fingerprint density at radius 3 is 2.95 bits per heavy atom. The van der Waals surface area contributed by atoms with Gasteiger partial charge in [-0.15, -0.1) is 0 Å². The third-order valence-electron chi connectivity index (χ3n) is 3.60. The molecule has 0 saturated heterocycles. The van der Waals surface area contributed by atoms with Crippen molar-refractivity contribution < 1.29 is 9.15 Å². The minimum atomic E-state index is 0.155. The lowest BCUT2D eigenvalue weighted by Gasteiger charge is -2.15. The summed E-state index contributed by atoms with van der Waals surface area (Å²) in [5.41, 5.74) is 1.19. The van der Waals surface area contributed by atoms with E-state index in [0.717, 1.165) is 35.3 Å². The Morgan fingerprint density at radius 2 is 2.20 bits per heavy atom. The predicted molar refractivity (Wildman–Crippen MR) is 79.4 cm³/mol. The van der Waals surface area contributed by atoms with Gasteiger partial charge in [0.05, 0.1) is 6.04 Å². The van der Waals surface area contributed by atoms with E-state index in [1.54, 1.807) is 0 Å². The van der Waals surface area contributed by atoms with Crippen molar-refractivity contribution in [3.63, 3.8) is 0 Å². The number of halogens is 1. The molecule has 20 heavy (non-hydrogen) atoms. The molecule has 0 radical (unpaired) electrons. The van der Waals surface area contributed by atoms with E-state index in [1.807, 2.05) is 37.3 Å². The van der Waals surface area contributed by atoms with Gasteiger partial charge in [0.25, 0.3) is 0 Å². The van der Waals surface area contributed by atoms with E-state index < -0.39 is 0 Å². The zero-order valence-electron chi connectivity index (χ0n) is 11.7. The Balaban J connectivity index is 1.56. The summed E-state index contributed by atoms with van der Waals surface area (Å²) in [4.78, 5) is 0. The molecule has 1 aromatic heterocycles. The van der Waals surface area contributed by atoms with E-state index >= 15 is 0 Å². The maximum absolute atomic E-state index is 6.00. The van der Waals surface area contributed by atoms with Gasteiger partial charge >= 0.3 is 0 Å². The molecule has 0 fully saturated rings. The highest BCUT2D eigenvalue weighted by Gasteiger charge is 2.23. The van der Waals surface area contributed by atoms with E-state index in [-0.39, 0.29) is 12.1 Å². The molecule has 2 aromatic rings. The van der Waals surface area contributed by atoms with Gasteiger partial charge in [0.1, 0.15) is 23.4 Å². The van der Waals surface area contributed by atoms with Crippen molar-refractivity contribution in [3.8, 4) is 5.75 Å². The Morgan fingerprint density at radius 1 is 1.35 bits per heavy atom. The fourth-order valence-electron chi connectivity index (χ4n) is 2.50. The van der Waals surface area contributed by atoms with Gasteiger partial charge in [-0.05, 0) is 49.7 Å². The van der Waals surface area contributed by atoms with E-state index in [2.05, 4.69) is 12.2 Å². The number of hydrogen-bond donors (Lipinski definition) is 1. The van der Waals surface area contributed by atoms with E-state index in [1.165, 1.54) is 5.56 Å². The van der Waals surface area contributed by atoms with Gasteiger partial charge in [0, 0.05) is 18.0 Å². The summed E-state index contributed by atoms with van der Waals surface area (Å²) < 4.78 is 11.5. The third-order valence-corrected chi connectivity index (χ3v) is 3.84. The average Bonchev–Trinajstić information content (AvgIpc) is 3.01. The molecule has 2 atom stereocenters. The Kier molecular flexibility index (Phi) is 3.72. The molecule has 4 heteroatoms. The van der Waals surface area contributed by atoms with Crippen molar-refractivity contribution in [2.24, 2.45) is 0 Å². The van der Waals surface area contributed by atoms with Crippen molar-refractivity contribution in [2.75, 3.05) is 6.54 Å². The van der Waals surface area contributed by atoms with Gasteiger partial charge in [-0.2, -0.15) is 0 Å². The molecule has 0 amide bonds. The molecule has 0 bridgehead atoms. The summed E-state index contributed by atoms with van der Waals surface area (Å²) in [6, 6.07) is 9.96. The molecule has 0 aliphatic carbocycles. The quantitative estimate of drug-likeness (QED) is 0.928. The molecule has 3 rings (SSSR count). The minimum Gasteiger partial charge on any atom is -0.488 e. The molecule has 2 heterocycles. The molecule has 106 valence electrons. The standard InChI is InChI=1S/C16H18ClNO2/c1-10-3-5-15(19-10)11(2)18-9-14-8-12-7-13(17)4-6-16(12)20-14/h3-7,11,14,18H,8-9H2,1-2H3. The highest BCUT2D eigenvalue weighted by molar-refractivity contribution is 6.30. The predicted octanol–water partition coefficient (Wildman–Crippen LogP) is 3.90. The fraction of sp³-hybridized carbons (Fsp3) is 0.375. The summed E-state index contributed by atoms with van der Waals surface area (Å²) >= 11 is 6.00. The van der Waals surface area contributed by atoms with Crippen LogP contribution in [0.5, 0.6) is 5.75 Å². The number of aryl methyl sites for hydroxylation is 1. The zero-order chi connectivity index (χ0) is 14.1. The van der Waals surface area contributed by atoms with Crippen molar-refractivity contribution in [3.05, 3.63) is 52.4 Å². The fourth-order valence-corrected chi connectivity index (χ4v) is 2.69.